The monoisotopic (exact) mass is 287 g/mol. The van der Waals surface area contributed by atoms with Crippen LogP contribution in [0, 0.1) is 16.0 Å². The van der Waals surface area contributed by atoms with E-state index in [1.807, 2.05) is 0 Å². The summed E-state index contributed by atoms with van der Waals surface area (Å²) >= 11 is 0. The lowest BCUT2D eigenvalue weighted by Gasteiger charge is -2.23. The van der Waals surface area contributed by atoms with Gasteiger partial charge in [-0.15, -0.1) is 0 Å². The maximum Gasteiger partial charge on any atom is 0.271 e. The number of nitrogens with zero attached hydrogens (tertiary/aromatic N) is 3. The molecule has 0 spiro atoms. The lowest BCUT2D eigenvalue weighted by molar-refractivity contribution is -0.384. The zero-order valence-corrected chi connectivity index (χ0v) is 11.6. The van der Waals surface area contributed by atoms with Crippen molar-refractivity contribution in [3.8, 4) is 0 Å². The van der Waals surface area contributed by atoms with Crippen molar-refractivity contribution in [1.82, 2.24) is 15.3 Å². The quantitative estimate of drug-likeness (QED) is 0.659. The number of benzene rings is 1. The number of anilines is 1. The fourth-order valence-electron chi connectivity index (χ4n) is 2.54. The van der Waals surface area contributed by atoms with Crippen molar-refractivity contribution in [2.75, 3.05) is 25.0 Å². The maximum absolute atomic E-state index is 10.7. The van der Waals surface area contributed by atoms with E-state index in [1.54, 1.807) is 12.3 Å². The number of fused-ring (bicyclic) bond motifs is 1. The Kier molecular flexibility index (Phi) is 3.92. The first kappa shape index (κ1) is 13.7. The maximum atomic E-state index is 10.7. The molecule has 3 rings (SSSR count). The second kappa shape index (κ2) is 6.01. The van der Waals surface area contributed by atoms with Crippen LogP contribution in [0.25, 0.3) is 11.0 Å². The second-order valence-electron chi connectivity index (χ2n) is 5.28. The van der Waals surface area contributed by atoms with Crippen LogP contribution in [0.3, 0.4) is 0 Å². The third-order valence-electron chi connectivity index (χ3n) is 3.71. The molecule has 1 aromatic heterocycles. The number of non-ortho nitro benzene ring substituents is 1. The highest BCUT2D eigenvalue weighted by molar-refractivity contribution is 5.78. The van der Waals surface area contributed by atoms with Crippen molar-refractivity contribution in [2.45, 2.75) is 12.8 Å². The van der Waals surface area contributed by atoms with Gasteiger partial charge in [0.15, 0.2) is 0 Å². The van der Waals surface area contributed by atoms with Crippen LogP contribution in [0.2, 0.25) is 0 Å². The number of hydrogen-bond donors (Lipinski definition) is 2. The Balaban J connectivity index is 1.71. The third-order valence-corrected chi connectivity index (χ3v) is 3.71. The number of hydrogen-bond acceptors (Lipinski definition) is 6. The second-order valence-corrected chi connectivity index (χ2v) is 5.28. The number of nitro benzene ring substituents is 1. The molecule has 1 fully saturated rings. The molecule has 2 aromatic rings. The standard InChI is InChI=1S/C14H17N5O2/c20-19(21)11-3-4-12-13(6-11)16-9-14(18-12)17-8-10-2-1-5-15-7-10/h3-4,6,9-10,15H,1-2,5,7-8H2,(H,17,18)/t10-/m1/s1. The summed E-state index contributed by atoms with van der Waals surface area (Å²) in [5, 5.41) is 17.4. The summed E-state index contributed by atoms with van der Waals surface area (Å²) < 4.78 is 0. The molecule has 0 bridgehead atoms. The van der Waals surface area contributed by atoms with E-state index >= 15 is 0 Å². The van der Waals surface area contributed by atoms with Gasteiger partial charge in [0, 0.05) is 18.7 Å². The SMILES string of the molecule is O=[N+]([O-])c1ccc2nc(NC[C@@H]3CCCNC3)cnc2c1. The van der Waals surface area contributed by atoms with Gasteiger partial charge in [-0.3, -0.25) is 15.1 Å². The number of piperidine rings is 1. The Labute approximate surface area is 121 Å². The molecule has 2 heterocycles. The lowest BCUT2D eigenvalue weighted by Crippen LogP contribution is -2.33. The topological polar surface area (TPSA) is 93.0 Å². The van der Waals surface area contributed by atoms with Crippen LogP contribution in [-0.2, 0) is 0 Å². The first-order valence-electron chi connectivity index (χ1n) is 7.08. The van der Waals surface area contributed by atoms with Gasteiger partial charge in [-0.1, -0.05) is 0 Å². The lowest BCUT2D eigenvalue weighted by atomic mass is 10.00. The molecule has 110 valence electrons. The highest BCUT2D eigenvalue weighted by Crippen LogP contribution is 2.19. The minimum atomic E-state index is -0.427. The van der Waals surface area contributed by atoms with Gasteiger partial charge in [0.05, 0.1) is 22.2 Å². The Morgan fingerprint density at radius 1 is 1.43 bits per heavy atom. The molecular formula is C14H17N5O2. The molecule has 7 heteroatoms. The fourth-order valence-corrected chi connectivity index (χ4v) is 2.54. The van der Waals surface area contributed by atoms with Gasteiger partial charge in [0.25, 0.3) is 5.69 Å². The normalized spacial score (nSPS) is 18.6. The van der Waals surface area contributed by atoms with E-state index in [0.29, 0.717) is 22.8 Å². The number of nitro groups is 1. The van der Waals surface area contributed by atoms with Crippen molar-refractivity contribution in [1.29, 1.82) is 0 Å². The molecule has 0 amide bonds. The van der Waals surface area contributed by atoms with Crippen LogP contribution >= 0.6 is 0 Å². The van der Waals surface area contributed by atoms with Crippen LogP contribution in [0.15, 0.2) is 24.4 Å². The van der Waals surface area contributed by atoms with Gasteiger partial charge in [0.1, 0.15) is 5.82 Å². The number of nitrogens with one attached hydrogen (secondary N) is 2. The van der Waals surface area contributed by atoms with Crippen molar-refractivity contribution in [3.05, 3.63) is 34.5 Å². The van der Waals surface area contributed by atoms with Crippen LogP contribution in [-0.4, -0.2) is 34.5 Å². The summed E-state index contributed by atoms with van der Waals surface area (Å²) in [4.78, 5) is 19.0. The predicted molar refractivity (Wildman–Crippen MR) is 80.3 cm³/mol. The molecular weight excluding hydrogens is 270 g/mol. The average Bonchev–Trinajstić information content (AvgIpc) is 2.53. The first-order chi connectivity index (χ1) is 10.2. The van der Waals surface area contributed by atoms with Crippen LogP contribution in [0.1, 0.15) is 12.8 Å². The van der Waals surface area contributed by atoms with Gasteiger partial charge in [0.2, 0.25) is 0 Å². The number of rotatable bonds is 4. The zero-order chi connectivity index (χ0) is 14.7. The van der Waals surface area contributed by atoms with Gasteiger partial charge >= 0.3 is 0 Å². The van der Waals surface area contributed by atoms with Gasteiger partial charge in [-0.05, 0) is 37.9 Å². The van der Waals surface area contributed by atoms with Gasteiger partial charge in [-0.25, -0.2) is 4.98 Å². The Morgan fingerprint density at radius 2 is 2.33 bits per heavy atom. The van der Waals surface area contributed by atoms with Crippen LogP contribution in [0.5, 0.6) is 0 Å². The summed E-state index contributed by atoms with van der Waals surface area (Å²) in [5.41, 5.74) is 1.23. The molecule has 1 aromatic carbocycles. The highest BCUT2D eigenvalue weighted by atomic mass is 16.6. The molecule has 0 aliphatic carbocycles. The minimum absolute atomic E-state index is 0.0331. The van der Waals surface area contributed by atoms with Gasteiger partial charge < -0.3 is 10.6 Å². The molecule has 1 saturated heterocycles. The Bertz CT molecular complexity index is 655. The largest absolute Gasteiger partial charge is 0.368 e. The fraction of sp³-hybridized carbons (Fsp3) is 0.429. The Hall–Kier alpha value is -2.28. The predicted octanol–water partition coefficient (Wildman–Crippen LogP) is 1.95. The molecule has 0 unspecified atom stereocenters. The van der Waals surface area contributed by atoms with Gasteiger partial charge in [-0.2, -0.15) is 0 Å². The number of aromatic nitrogens is 2. The highest BCUT2D eigenvalue weighted by Gasteiger charge is 2.13. The summed E-state index contributed by atoms with van der Waals surface area (Å²) in [6, 6.07) is 4.52. The molecule has 1 aliphatic heterocycles. The van der Waals surface area contributed by atoms with E-state index in [4.69, 9.17) is 0 Å². The smallest absolute Gasteiger partial charge is 0.271 e. The van der Waals surface area contributed by atoms with Crippen LogP contribution in [0.4, 0.5) is 11.5 Å². The molecule has 1 aliphatic rings. The molecule has 7 nitrogen and oxygen atoms in total. The first-order valence-corrected chi connectivity index (χ1v) is 7.08. The van der Waals surface area contributed by atoms with E-state index in [2.05, 4.69) is 20.6 Å². The van der Waals surface area contributed by atoms with Crippen molar-refractivity contribution >= 4 is 22.5 Å². The van der Waals surface area contributed by atoms with Crippen molar-refractivity contribution < 1.29 is 4.92 Å². The zero-order valence-electron chi connectivity index (χ0n) is 11.6. The van der Waals surface area contributed by atoms with Crippen LogP contribution < -0.4 is 10.6 Å². The van der Waals surface area contributed by atoms with E-state index in [-0.39, 0.29) is 5.69 Å². The third kappa shape index (κ3) is 3.25. The van der Waals surface area contributed by atoms with E-state index in [0.717, 1.165) is 19.6 Å². The van der Waals surface area contributed by atoms with E-state index < -0.39 is 4.92 Å². The molecule has 21 heavy (non-hydrogen) atoms. The summed E-state index contributed by atoms with van der Waals surface area (Å²) in [6.07, 6.45) is 4.05. The van der Waals surface area contributed by atoms with Crippen molar-refractivity contribution in [3.63, 3.8) is 0 Å². The van der Waals surface area contributed by atoms with E-state index in [1.165, 1.54) is 25.0 Å². The van der Waals surface area contributed by atoms with E-state index in [9.17, 15) is 10.1 Å². The van der Waals surface area contributed by atoms with Crippen molar-refractivity contribution in [2.24, 2.45) is 5.92 Å². The average molecular weight is 287 g/mol. The minimum Gasteiger partial charge on any atom is -0.368 e. The molecule has 0 saturated carbocycles. The Morgan fingerprint density at radius 3 is 3.10 bits per heavy atom. The summed E-state index contributed by atoms with van der Waals surface area (Å²) in [5.74, 6) is 1.31. The summed E-state index contributed by atoms with van der Waals surface area (Å²) in [7, 11) is 0. The summed E-state index contributed by atoms with van der Waals surface area (Å²) in [6.45, 7) is 2.99. The molecule has 2 N–H and O–H groups in total. The molecule has 1 atom stereocenters. The molecule has 0 radical (unpaired) electrons.